The van der Waals surface area contributed by atoms with E-state index >= 15 is 0 Å². The van der Waals surface area contributed by atoms with Gasteiger partial charge in [-0.2, -0.15) is 0 Å². The molecule has 2 unspecified atom stereocenters. The third kappa shape index (κ3) is 5.68. The number of hydrogen-bond donors (Lipinski definition) is 1. The van der Waals surface area contributed by atoms with E-state index in [1.165, 1.54) is 18.6 Å². The van der Waals surface area contributed by atoms with E-state index in [-0.39, 0.29) is 23.7 Å². The lowest BCUT2D eigenvalue weighted by Gasteiger charge is -2.44. The molecule has 0 bridgehead atoms. The summed E-state index contributed by atoms with van der Waals surface area (Å²) in [5, 5.41) is 3.24. The van der Waals surface area contributed by atoms with Crippen LogP contribution in [0.3, 0.4) is 0 Å². The first-order chi connectivity index (χ1) is 17.6. The van der Waals surface area contributed by atoms with E-state index in [9.17, 15) is 14.0 Å². The summed E-state index contributed by atoms with van der Waals surface area (Å²) >= 11 is 1.68. The largest absolute Gasteiger partial charge is 0.346 e. The monoisotopic (exact) mass is 501 g/mol. The Labute approximate surface area is 214 Å². The van der Waals surface area contributed by atoms with Gasteiger partial charge in [-0.3, -0.25) is 14.6 Å². The van der Waals surface area contributed by atoms with Crippen molar-refractivity contribution in [2.45, 2.75) is 50.1 Å². The zero-order chi connectivity index (χ0) is 24.9. The van der Waals surface area contributed by atoms with Gasteiger partial charge in [-0.05, 0) is 66.4 Å². The van der Waals surface area contributed by atoms with Gasteiger partial charge in [-0.15, -0.1) is 11.8 Å². The van der Waals surface area contributed by atoms with Gasteiger partial charge < -0.3 is 10.2 Å². The van der Waals surface area contributed by atoms with Gasteiger partial charge in [0, 0.05) is 29.6 Å². The van der Waals surface area contributed by atoms with E-state index in [2.05, 4.69) is 10.3 Å². The number of thioether (sulfide) groups is 1. The molecule has 2 aliphatic rings. The highest BCUT2D eigenvalue weighted by Crippen LogP contribution is 2.42. The number of nitrogens with one attached hydrogen (secondary N) is 1. The Hall–Kier alpha value is -3.45. The van der Waals surface area contributed by atoms with Crippen LogP contribution in [0.1, 0.15) is 52.9 Å². The van der Waals surface area contributed by atoms with Crippen molar-refractivity contribution in [1.29, 1.82) is 0 Å². The summed E-state index contributed by atoms with van der Waals surface area (Å²) in [7, 11) is 0. The fraction of sp³-hybridized carbons (Fsp3) is 0.276. The van der Waals surface area contributed by atoms with Crippen LogP contribution in [0.25, 0.3) is 6.08 Å². The third-order valence-electron chi connectivity index (χ3n) is 6.71. The molecule has 1 saturated heterocycles. The van der Waals surface area contributed by atoms with E-state index in [1.807, 2.05) is 41.3 Å². The van der Waals surface area contributed by atoms with Gasteiger partial charge in [0.1, 0.15) is 5.82 Å². The van der Waals surface area contributed by atoms with Gasteiger partial charge in [0.05, 0.1) is 17.1 Å². The molecule has 2 amide bonds. The number of hydrogen-bond acceptors (Lipinski definition) is 4. The van der Waals surface area contributed by atoms with E-state index in [4.69, 9.17) is 0 Å². The molecule has 2 aromatic carbocycles. The summed E-state index contributed by atoms with van der Waals surface area (Å²) in [4.78, 5) is 33.0. The van der Waals surface area contributed by atoms with Crippen LogP contribution in [0.4, 0.5) is 4.39 Å². The summed E-state index contributed by atoms with van der Waals surface area (Å²) in [6, 6.07) is 19.5. The number of aromatic nitrogens is 1. The van der Waals surface area contributed by atoms with Gasteiger partial charge in [-0.25, -0.2) is 4.39 Å². The van der Waals surface area contributed by atoms with Crippen molar-refractivity contribution >= 4 is 29.7 Å². The molecule has 0 radical (unpaired) electrons. The highest BCUT2D eigenvalue weighted by Gasteiger charge is 2.40. The molecule has 7 heteroatoms. The van der Waals surface area contributed by atoms with Crippen molar-refractivity contribution in [2.24, 2.45) is 0 Å². The third-order valence-corrected chi connectivity index (χ3v) is 8.11. The standard InChI is InChI=1S/C29H28FN3O2S/c30-23-14-10-21(11-15-23)19-33-25-6-1-2-7-26(25)36-27(29(33)35)17-20-8-12-22(13-9-20)28(34)32-18-24-5-3-4-16-31-24/h3-5,8-17,25-26H,1-2,6-7,18-19H2,(H,32,34)/b27-17-. The van der Waals surface area contributed by atoms with Crippen molar-refractivity contribution in [2.75, 3.05) is 0 Å². The van der Waals surface area contributed by atoms with Crippen molar-refractivity contribution in [3.63, 3.8) is 0 Å². The Morgan fingerprint density at radius 3 is 2.58 bits per heavy atom. The minimum Gasteiger partial charge on any atom is -0.346 e. The summed E-state index contributed by atoms with van der Waals surface area (Å²) in [6.45, 7) is 0.844. The summed E-state index contributed by atoms with van der Waals surface area (Å²) < 4.78 is 13.4. The van der Waals surface area contributed by atoms with Crippen molar-refractivity contribution < 1.29 is 14.0 Å². The molecule has 5 nitrogen and oxygen atoms in total. The quantitative estimate of drug-likeness (QED) is 0.448. The highest BCUT2D eigenvalue weighted by molar-refractivity contribution is 8.04. The van der Waals surface area contributed by atoms with Gasteiger partial charge >= 0.3 is 0 Å². The predicted octanol–water partition coefficient (Wildman–Crippen LogP) is 5.58. The number of carbonyl (C=O) groups is 2. The van der Waals surface area contributed by atoms with Crippen molar-refractivity contribution in [1.82, 2.24) is 15.2 Å². The SMILES string of the molecule is O=C(NCc1ccccn1)c1ccc(/C=C2\SC3CCCCC3N(Cc3ccc(F)cc3)C2=O)cc1. The van der Waals surface area contributed by atoms with E-state index in [1.54, 1.807) is 42.2 Å². The molecule has 1 aliphatic heterocycles. The molecule has 184 valence electrons. The van der Waals surface area contributed by atoms with Gasteiger partial charge in [0.2, 0.25) is 0 Å². The normalized spacial score (nSPS) is 20.8. The zero-order valence-electron chi connectivity index (χ0n) is 19.9. The fourth-order valence-corrected chi connectivity index (χ4v) is 6.28. The summed E-state index contributed by atoms with van der Waals surface area (Å²) in [5.41, 5.74) is 3.16. The fourth-order valence-electron chi connectivity index (χ4n) is 4.81. The molecule has 1 saturated carbocycles. The molecule has 3 aromatic rings. The number of amides is 2. The van der Waals surface area contributed by atoms with E-state index in [0.717, 1.165) is 36.1 Å². The molecule has 0 spiro atoms. The first-order valence-electron chi connectivity index (χ1n) is 12.3. The maximum absolute atomic E-state index is 13.5. The van der Waals surface area contributed by atoms with E-state index < -0.39 is 0 Å². The zero-order valence-corrected chi connectivity index (χ0v) is 20.7. The molecule has 2 fully saturated rings. The Morgan fingerprint density at radius 2 is 1.83 bits per heavy atom. The Kier molecular flexibility index (Phi) is 7.47. The minimum absolute atomic E-state index is 0.0182. The lowest BCUT2D eigenvalue weighted by atomic mass is 9.92. The van der Waals surface area contributed by atoms with Gasteiger partial charge in [0.15, 0.2) is 0 Å². The smallest absolute Gasteiger partial charge is 0.260 e. The highest BCUT2D eigenvalue weighted by atomic mass is 32.2. The van der Waals surface area contributed by atoms with Crippen LogP contribution in [-0.2, 0) is 17.9 Å². The minimum atomic E-state index is -0.274. The second-order valence-corrected chi connectivity index (χ2v) is 10.5. The lowest BCUT2D eigenvalue weighted by molar-refractivity contribution is -0.130. The lowest BCUT2D eigenvalue weighted by Crippen LogP contribution is -2.50. The molecule has 2 heterocycles. The van der Waals surface area contributed by atoms with Gasteiger partial charge in [-0.1, -0.05) is 43.2 Å². The van der Waals surface area contributed by atoms with Crippen LogP contribution in [0.2, 0.25) is 0 Å². The van der Waals surface area contributed by atoms with Crippen LogP contribution >= 0.6 is 11.8 Å². The molecule has 36 heavy (non-hydrogen) atoms. The Morgan fingerprint density at radius 1 is 1.06 bits per heavy atom. The molecular weight excluding hydrogens is 473 g/mol. The maximum atomic E-state index is 13.5. The average molecular weight is 502 g/mol. The Bertz CT molecular complexity index is 1250. The number of fused-ring (bicyclic) bond motifs is 1. The van der Waals surface area contributed by atoms with E-state index in [0.29, 0.717) is 28.8 Å². The predicted molar refractivity (Wildman–Crippen MR) is 140 cm³/mol. The van der Waals surface area contributed by atoms with Crippen molar-refractivity contribution in [3.8, 4) is 0 Å². The van der Waals surface area contributed by atoms with Crippen LogP contribution in [0, 0.1) is 5.82 Å². The van der Waals surface area contributed by atoms with Crippen LogP contribution in [0.5, 0.6) is 0 Å². The first kappa shape index (κ1) is 24.3. The molecule has 1 aromatic heterocycles. The molecular formula is C29H28FN3O2S. The topological polar surface area (TPSA) is 62.3 Å². The maximum Gasteiger partial charge on any atom is 0.260 e. The number of rotatable bonds is 6. The average Bonchev–Trinajstić information content (AvgIpc) is 2.92. The molecule has 1 aliphatic carbocycles. The van der Waals surface area contributed by atoms with Crippen LogP contribution in [-0.4, -0.2) is 33.0 Å². The number of nitrogens with zero attached hydrogens (tertiary/aromatic N) is 2. The molecule has 5 rings (SSSR count). The first-order valence-corrected chi connectivity index (χ1v) is 13.2. The second-order valence-electron chi connectivity index (χ2n) is 9.20. The molecule has 1 N–H and O–H groups in total. The summed E-state index contributed by atoms with van der Waals surface area (Å²) in [5.74, 6) is -0.424. The van der Waals surface area contributed by atoms with Crippen LogP contribution in [0.15, 0.2) is 77.8 Å². The number of pyridine rings is 1. The van der Waals surface area contributed by atoms with Gasteiger partial charge in [0.25, 0.3) is 11.8 Å². The number of carbonyl (C=O) groups excluding carboxylic acids is 2. The van der Waals surface area contributed by atoms with Crippen molar-refractivity contribution in [3.05, 3.63) is 106 Å². The number of benzene rings is 2. The summed E-state index contributed by atoms with van der Waals surface area (Å²) in [6.07, 6.45) is 7.99. The molecule has 2 atom stereocenters. The number of halogens is 1. The van der Waals surface area contributed by atoms with Crippen LogP contribution < -0.4 is 5.32 Å². The Balaban J connectivity index is 1.30. The second kappa shape index (κ2) is 11.1.